The lowest BCUT2D eigenvalue weighted by atomic mass is 9.84. The van der Waals surface area contributed by atoms with Gasteiger partial charge in [0.05, 0.1) is 13.1 Å². The lowest BCUT2D eigenvalue weighted by molar-refractivity contribution is 0.185. The van der Waals surface area contributed by atoms with Crippen molar-refractivity contribution in [1.29, 1.82) is 0 Å². The van der Waals surface area contributed by atoms with E-state index < -0.39 is 0 Å². The molecular formula is C48H64N6O4. The number of hydrogen-bond acceptors (Lipinski definition) is 6. The second-order valence-corrected chi connectivity index (χ2v) is 17.9. The molecule has 10 heteroatoms. The molecule has 3 aromatic rings. The molecule has 310 valence electrons. The van der Waals surface area contributed by atoms with Crippen LogP contribution >= 0.6 is 0 Å². The Morgan fingerprint density at radius 1 is 0.483 bits per heavy atom. The first-order valence-corrected chi connectivity index (χ1v) is 22.7. The summed E-state index contributed by atoms with van der Waals surface area (Å²) in [6.45, 7) is 3.83. The fraction of sp³-hybridized carbons (Fsp3) is 0.583. The van der Waals surface area contributed by atoms with Crippen molar-refractivity contribution in [2.24, 2.45) is 11.8 Å². The van der Waals surface area contributed by atoms with Crippen LogP contribution in [-0.4, -0.2) is 73.3 Å². The van der Waals surface area contributed by atoms with Crippen LogP contribution < -0.4 is 30.7 Å². The summed E-state index contributed by atoms with van der Waals surface area (Å²) in [4.78, 5) is 30.9. The fourth-order valence-electron chi connectivity index (χ4n) is 11.6. The van der Waals surface area contributed by atoms with E-state index in [1.807, 2.05) is 24.3 Å². The van der Waals surface area contributed by atoms with Gasteiger partial charge in [0.2, 0.25) is 0 Å². The second kappa shape index (κ2) is 18.3. The number of benzene rings is 3. The predicted molar refractivity (Wildman–Crippen MR) is 227 cm³/mol. The van der Waals surface area contributed by atoms with Crippen molar-refractivity contribution in [3.05, 3.63) is 95.1 Å². The fourth-order valence-corrected chi connectivity index (χ4v) is 11.6. The summed E-state index contributed by atoms with van der Waals surface area (Å²) < 4.78 is 12.0. The zero-order chi connectivity index (χ0) is 39.3. The van der Waals surface area contributed by atoms with E-state index >= 15 is 0 Å². The van der Waals surface area contributed by atoms with Gasteiger partial charge in [-0.3, -0.25) is 9.80 Å². The van der Waals surface area contributed by atoms with E-state index in [0.29, 0.717) is 62.0 Å². The molecule has 4 N–H and O–H groups in total. The van der Waals surface area contributed by atoms with Crippen LogP contribution in [0.1, 0.15) is 136 Å². The van der Waals surface area contributed by atoms with Gasteiger partial charge in [0.15, 0.2) is 11.5 Å². The van der Waals surface area contributed by atoms with E-state index in [9.17, 15) is 9.59 Å². The maximum atomic E-state index is 12.7. The molecule has 2 saturated heterocycles. The topological polar surface area (TPSA) is 107 Å². The van der Waals surface area contributed by atoms with Crippen molar-refractivity contribution >= 4 is 12.1 Å². The molecule has 6 aliphatic rings. The Balaban J connectivity index is 0.603. The van der Waals surface area contributed by atoms with Crippen LogP contribution in [0.5, 0.6) is 11.5 Å². The molecule has 4 atom stereocenters. The van der Waals surface area contributed by atoms with Crippen LogP contribution in [0.25, 0.3) is 0 Å². The van der Waals surface area contributed by atoms with Gasteiger partial charge in [-0.25, -0.2) is 9.59 Å². The average Bonchev–Trinajstić information content (AvgIpc) is 4.02. The molecule has 3 aromatic carbocycles. The molecule has 9 rings (SSSR count). The molecular weight excluding hydrogens is 725 g/mol. The molecule has 0 radical (unpaired) electrons. The van der Waals surface area contributed by atoms with Gasteiger partial charge < -0.3 is 30.7 Å². The van der Waals surface area contributed by atoms with Crippen molar-refractivity contribution < 1.29 is 19.1 Å². The van der Waals surface area contributed by atoms with Crippen molar-refractivity contribution in [2.75, 3.05) is 39.4 Å². The highest BCUT2D eigenvalue weighted by atomic mass is 16.5. The van der Waals surface area contributed by atoms with Gasteiger partial charge in [-0.05, 0) is 149 Å². The largest absolute Gasteiger partial charge is 0.488 e. The molecule has 2 saturated carbocycles. The van der Waals surface area contributed by atoms with Gasteiger partial charge in [-0.2, -0.15) is 0 Å². The zero-order valence-corrected chi connectivity index (χ0v) is 34.2. The Hall–Kier alpha value is -4.28. The van der Waals surface area contributed by atoms with Gasteiger partial charge in [-0.1, -0.05) is 60.7 Å². The normalized spacial score (nSPS) is 28.4. The summed E-state index contributed by atoms with van der Waals surface area (Å²) in [5.74, 6) is 2.73. The third kappa shape index (κ3) is 8.83. The summed E-state index contributed by atoms with van der Waals surface area (Å²) in [6, 6.07) is 28.3. The lowest BCUT2D eigenvalue weighted by Gasteiger charge is -2.31. The smallest absolute Gasteiger partial charge is 0.315 e. The quantitative estimate of drug-likeness (QED) is 0.108. The second-order valence-electron chi connectivity index (χ2n) is 17.9. The van der Waals surface area contributed by atoms with Crippen LogP contribution in [-0.2, 0) is 0 Å². The molecule has 4 amide bonds. The van der Waals surface area contributed by atoms with Crippen LogP contribution in [0.15, 0.2) is 72.8 Å². The van der Waals surface area contributed by atoms with E-state index in [4.69, 9.17) is 9.47 Å². The summed E-state index contributed by atoms with van der Waals surface area (Å²) in [5.41, 5.74) is 6.26. The molecule has 10 nitrogen and oxygen atoms in total. The van der Waals surface area contributed by atoms with Crippen LogP contribution in [0.3, 0.4) is 0 Å². The minimum atomic E-state index is -0.129. The van der Waals surface area contributed by atoms with Gasteiger partial charge in [0, 0.05) is 36.3 Å². The maximum Gasteiger partial charge on any atom is 0.315 e. The van der Waals surface area contributed by atoms with Crippen LogP contribution in [0.2, 0.25) is 0 Å². The summed E-state index contributed by atoms with van der Waals surface area (Å²) in [5, 5.41) is 12.3. The van der Waals surface area contributed by atoms with E-state index in [1.54, 1.807) is 22.3 Å². The Morgan fingerprint density at radius 3 is 1.19 bits per heavy atom. The first kappa shape index (κ1) is 39.2. The molecule has 0 unspecified atom stereocenters. The van der Waals surface area contributed by atoms with E-state index in [-0.39, 0.29) is 24.1 Å². The van der Waals surface area contributed by atoms with Crippen molar-refractivity contribution in [2.45, 2.75) is 126 Å². The summed E-state index contributed by atoms with van der Waals surface area (Å²) in [7, 11) is 0. The molecule has 4 heterocycles. The lowest BCUT2D eigenvalue weighted by Crippen LogP contribution is -2.44. The molecule has 4 aliphatic heterocycles. The molecule has 58 heavy (non-hydrogen) atoms. The number of urea groups is 2. The highest BCUT2D eigenvalue weighted by molar-refractivity contribution is 5.74. The average molecular weight is 789 g/mol. The minimum Gasteiger partial charge on any atom is -0.488 e. The predicted octanol–water partition coefficient (Wildman–Crippen LogP) is 8.72. The summed E-state index contributed by atoms with van der Waals surface area (Å²) >= 11 is 0. The Labute approximate surface area is 345 Å². The number of carbonyl (C=O) groups is 2. The van der Waals surface area contributed by atoms with Gasteiger partial charge in [0.25, 0.3) is 0 Å². The van der Waals surface area contributed by atoms with Crippen molar-refractivity contribution in [1.82, 2.24) is 31.1 Å². The number of carbonyl (C=O) groups excluding carboxylic acids is 2. The van der Waals surface area contributed by atoms with Crippen LogP contribution in [0, 0.1) is 11.8 Å². The SMILES string of the molecule is O=C(NCCOc1ccccc1OCCNC(=O)N[C@H]1CC[C@H](CCN2[C@@H]3CC[C@H]2c2ccccc23)CC1)N[C@H]1CC[C@H](CCN2[C@@H]3CC[C@H]2c2ccccc23)CC1. The minimum absolute atomic E-state index is 0.129. The Bertz CT molecular complexity index is 1660. The molecule has 0 spiro atoms. The highest BCUT2D eigenvalue weighted by Gasteiger charge is 2.44. The monoisotopic (exact) mass is 788 g/mol. The van der Waals surface area contributed by atoms with Gasteiger partial charge in [-0.15, -0.1) is 0 Å². The van der Waals surface area contributed by atoms with Gasteiger partial charge in [0.1, 0.15) is 13.2 Å². The van der Waals surface area contributed by atoms with E-state index in [2.05, 4.69) is 79.6 Å². The van der Waals surface area contributed by atoms with E-state index in [0.717, 1.165) is 37.5 Å². The summed E-state index contributed by atoms with van der Waals surface area (Å²) in [6.07, 6.45) is 16.6. The number of nitrogens with zero attached hydrogens (tertiary/aromatic N) is 2. The number of ether oxygens (including phenoxy) is 2. The zero-order valence-electron chi connectivity index (χ0n) is 34.2. The number of rotatable bonds is 16. The number of amides is 4. The highest BCUT2D eigenvalue weighted by Crippen LogP contribution is 2.54. The number of hydrogen-bond donors (Lipinski definition) is 4. The van der Waals surface area contributed by atoms with Crippen molar-refractivity contribution in [3.8, 4) is 11.5 Å². The maximum absolute atomic E-state index is 12.7. The van der Waals surface area contributed by atoms with E-state index in [1.165, 1.54) is 77.3 Å². The van der Waals surface area contributed by atoms with Crippen molar-refractivity contribution in [3.63, 3.8) is 0 Å². The third-order valence-electron chi connectivity index (χ3n) is 14.6. The van der Waals surface area contributed by atoms with Crippen LogP contribution in [0.4, 0.5) is 9.59 Å². The molecule has 0 aromatic heterocycles. The number of para-hydroxylation sites is 2. The molecule has 4 fully saturated rings. The standard InChI is InChI=1S/C48H64N6O4/c55-47(51-35-17-13-33(14-18-35)25-29-53-41-21-22-42(53)38-8-2-1-7-37(38)41)49-27-31-57-45-11-5-6-12-46(45)58-32-28-50-48(56)52-36-19-15-34(16-20-36)26-30-54-43-23-24-44(54)40-10-4-3-9-39(40)43/h1-12,33-36,41-44H,13-32H2,(H2,49,51,55)(H2,50,52,56)/t33-,34-,35-,36-,41-,42+,43-,44+. The third-order valence-corrected chi connectivity index (χ3v) is 14.6. The number of nitrogens with one attached hydrogen (secondary N) is 4. The Kier molecular flexibility index (Phi) is 12.4. The first-order valence-electron chi connectivity index (χ1n) is 22.7. The Morgan fingerprint density at radius 2 is 0.828 bits per heavy atom. The first-order chi connectivity index (χ1) is 28.6. The van der Waals surface area contributed by atoms with Gasteiger partial charge >= 0.3 is 12.1 Å². The molecule has 2 aliphatic carbocycles. The number of fused-ring (bicyclic) bond motifs is 10. The molecule has 4 bridgehead atoms.